The van der Waals surface area contributed by atoms with Crippen molar-refractivity contribution in [1.29, 1.82) is 0 Å². The molecule has 0 aromatic heterocycles. The third-order valence-corrected chi connectivity index (χ3v) is 13.9. The van der Waals surface area contributed by atoms with E-state index in [1.165, 1.54) is 24.3 Å². The van der Waals surface area contributed by atoms with Gasteiger partial charge in [-0.1, -0.05) is 66.5 Å². The molecule has 1 unspecified atom stereocenters. The van der Waals surface area contributed by atoms with Crippen LogP contribution in [0.3, 0.4) is 0 Å². The lowest BCUT2D eigenvalue weighted by atomic mass is 9.85. The molecule has 1 atom stereocenters. The second-order valence-corrected chi connectivity index (χ2v) is 19.1. The van der Waals surface area contributed by atoms with Crippen molar-refractivity contribution in [2.24, 2.45) is 0 Å². The molecule has 0 saturated carbocycles. The van der Waals surface area contributed by atoms with Crippen molar-refractivity contribution in [2.75, 3.05) is 72.9 Å². The molecule has 1 aliphatic heterocycles. The number of nitrogens with one attached hydrogen (secondary N) is 3. The summed E-state index contributed by atoms with van der Waals surface area (Å²) in [5.74, 6) is -0.0926. The Balaban J connectivity index is 0.941. The first-order valence-electron chi connectivity index (χ1n) is 17.9. The summed E-state index contributed by atoms with van der Waals surface area (Å²) in [5.41, 5.74) is 4.32. The van der Waals surface area contributed by atoms with E-state index >= 15 is 0 Å². The highest BCUT2D eigenvalue weighted by Crippen LogP contribution is 2.38. The minimum absolute atomic E-state index is 0.0603. The van der Waals surface area contributed by atoms with Gasteiger partial charge in [-0.05, 0) is 83.4 Å². The zero-order chi connectivity index (χ0) is 40.3. The van der Waals surface area contributed by atoms with Gasteiger partial charge in [-0.3, -0.25) is 0 Å². The highest BCUT2D eigenvalue weighted by Gasteiger charge is 2.28. The van der Waals surface area contributed by atoms with Crippen molar-refractivity contribution in [3.05, 3.63) is 112 Å². The summed E-state index contributed by atoms with van der Waals surface area (Å²) in [7, 11) is -9.12. The molecule has 0 bridgehead atoms. The topological polar surface area (TPSA) is 169 Å². The monoisotopic (exact) mass is 868 g/mol. The summed E-state index contributed by atoms with van der Waals surface area (Å²) < 4.78 is 99.9. The number of halogens is 2. The van der Waals surface area contributed by atoms with Gasteiger partial charge in [0, 0.05) is 48.7 Å². The summed E-state index contributed by atoms with van der Waals surface area (Å²) in [6.45, 7) is 4.81. The molecule has 4 aromatic rings. The maximum Gasteiger partial charge on any atom is 0.240 e. The summed E-state index contributed by atoms with van der Waals surface area (Å²) >= 11 is 12.8. The molecular weight excluding hydrogens is 824 g/mol. The van der Waals surface area contributed by atoms with Crippen molar-refractivity contribution >= 4 is 53.3 Å². The third kappa shape index (κ3) is 12.0. The predicted molar refractivity (Wildman–Crippen MR) is 217 cm³/mol. The van der Waals surface area contributed by atoms with E-state index < -0.39 is 30.1 Å². The third-order valence-electron chi connectivity index (χ3n) is 8.88. The second kappa shape index (κ2) is 20.1. The minimum atomic E-state index is -3.79. The molecule has 5 rings (SSSR count). The Bertz CT molecular complexity index is 2260. The van der Waals surface area contributed by atoms with Gasteiger partial charge in [0.25, 0.3) is 0 Å². The molecule has 304 valence electrons. The van der Waals surface area contributed by atoms with Gasteiger partial charge < -0.3 is 19.1 Å². The molecule has 0 saturated heterocycles. The average molecular weight is 870 g/mol. The van der Waals surface area contributed by atoms with E-state index in [-0.39, 0.29) is 79.9 Å². The molecule has 0 fully saturated rings. The molecule has 18 heteroatoms. The summed E-state index contributed by atoms with van der Waals surface area (Å²) in [6.07, 6.45) is 0. The van der Waals surface area contributed by atoms with E-state index in [0.29, 0.717) is 23.1 Å². The van der Waals surface area contributed by atoms with Gasteiger partial charge in [0.1, 0.15) is 0 Å². The van der Waals surface area contributed by atoms with Crippen LogP contribution in [0.5, 0.6) is 0 Å². The number of likely N-dealkylation sites (N-methyl/N-ethyl adjacent to an activating group) is 1. The van der Waals surface area contributed by atoms with Gasteiger partial charge in [-0.25, -0.2) is 39.4 Å². The van der Waals surface area contributed by atoms with Crippen LogP contribution in [0.1, 0.15) is 29.5 Å². The highest BCUT2D eigenvalue weighted by molar-refractivity contribution is 7.90. The number of sulfonamides is 3. The molecule has 56 heavy (non-hydrogen) atoms. The molecule has 4 aromatic carbocycles. The average Bonchev–Trinajstić information content (AvgIpc) is 3.17. The number of hydrogen-bond donors (Lipinski definition) is 3. The van der Waals surface area contributed by atoms with Crippen LogP contribution in [-0.4, -0.2) is 103 Å². The van der Waals surface area contributed by atoms with Gasteiger partial charge >= 0.3 is 0 Å². The number of benzene rings is 4. The minimum Gasteiger partial charge on any atom is -0.378 e. The fraction of sp³-hybridized carbons (Fsp3) is 0.368. The van der Waals surface area contributed by atoms with Gasteiger partial charge in [-0.15, -0.1) is 0 Å². The summed E-state index contributed by atoms with van der Waals surface area (Å²) in [5, 5.41) is 1.13. The fourth-order valence-corrected chi connectivity index (χ4v) is 9.85. The van der Waals surface area contributed by atoms with Crippen LogP contribution >= 0.6 is 23.2 Å². The van der Waals surface area contributed by atoms with Crippen molar-refractivity contribution in [3.8, 4) is 11.1 Å². The largest absolute Gasteiger partial charge is 0.378 e. The predicted octanol–water partition coefficient (Wildman–Crippen LogP) is 4.84. The number of ether oxygens (including phenoxy) is 3. The maximum atomic E-state index is 13.1. The van der Waals surface area contributed by atoms with Gasteiger partial charge in [0.2, 0.25) is 30.1 Å². The smallest absolute Gasteiger partial charge is 0.240 e. The number of rotatable bonds is 21. The molecule has 3 N–H and O–H groups in total. The number of fused-ring (bicyclic) bond motifs is 1. The van der Waals surface area contributed by atoms with E-state index in [1.807, 2.05) is 19.2 Å². The SMILES string of the molecule is CCNS(=O)(=O)c1ccc(-c2ccc(S(=O)(=O)NCCOCCOCCOCCNS(=O)(=O)c3cccc(C4CN(C)Cc5c(Cl)cc(Cl)cc54)c3)cc2)cc1. The summed E-state index contributed by atoms with van der Waals surface area (Å²) in [4.78, 5) is 2.54. The van der Waals surface area contributed by atoms with Gasteiger partial charge in [-0.2, -0.15) is 0 Å². The first kappa shape index (κ1) is 44.1. The highest BCUT2D eigenvalue weighted by atomic mass is 35.5. The van der Waals surface area contributed by atoms with E-state index in [1.54, 1.807) is 55.5 Å². The first-order valence-corrected chi connectivity index (χ1v) is 23.1. The van der Waals surface area contributed by atoms with Crippen molar-refractivity contribution in [2.45, 2.75) is 34.1 Å². The van der Waals surface area contributed by atoms with Gasteiger partial charge in [0.05, 0.1) is 54.3 Å². The molecule has 1 aliphatic rings. The lowest BCUT2D eigenvalue weighted by Crippen LogP contribution is -2.31. The van der Waals surface area contributed by atoms with Crippen molar-refractivity contribution in [1.82, 2.24) is 19.1 Å². The standard InChI is InChI=1S/C38H46Cl2N4O9S3/c1-3-41-54(45,46)32-11-7-28(8-12-32)29-9-13-33(14-10-29)55(47,48)42-15-17-51-19-21-53-22-20-52-18-16-43-56(49,50)34-6-4-5-30(23-34)36-26-44(2)27-37-35(36)24-31(39)25-38(37)40/h4-14,23-25,36,41-43H,3,15-22,26-27H2,1-2H3. The molecule has 0 aliphatic carbocycles. The van der Waals surface area contributed by atoms with Crippen molar-refractivity contribution < 1.29 is 39.5 Å². The van der Waals surface area contributed by atoms with Crippen LogP contribution in [0.15, 0.2) is 99.6 Å². The van der Waals surface area contributed by atoms with E-state index in [2.05, 4.69) is 19.1 Å². The van der Waals surface area contributed by atoms with E-state index in [9.17, 15) is 25.3 Å². The molecule has 0 amide bonds. The molecule has 1 heterocycles. The van der Waals surface area contributed by atoms with Gasteiger partial charge in [0.15, 0.2) is 0 Å². The Labute approximate surface area is 339 Å². The second-order valence-electron chi connectivity index (χ2n) is 13.0. The van der Waals surface area contributed by atoms with Crippen LogP contribution in [-0.2, 0) is 50.8 Å². The van der Waals surface area contributed by atoms with E-state index in [0.717, 1.165) is 27.8 Å². The van der Waals surface area contributed by atoms with Crippen LogP contribution in [0.25, 0.3) is 11.1 Å². The molecule has 13 nitrogen and oxygen atoms in total. The van der Waals surface area contributed by atoms with Crippen LogP contribution in [0, 0.1) is 0 Å². The Morgan fingerprint density at radius 2 is 1.14 bits per heavy atom. The summed E-state index contributed by atoms with van der Waals surface area (Å²) in [6, 6.07) is 23.1. The Morgan fingerprint density at radius 3 is 1.68 bits per heavy atom. The fourth-order valence-electron chi connectivity index (χ4n) is 6.16. The van der Waals surface area contributed by atoms with E-state index in [4.69, 9.17) is 37.4 Å². The lowest BCUT2D eigenvalue weighted by molar-refractivity contribution is 0.0167. The zero-order valence-corrected chi connectivity index (χ0v) is 35.0. The van der Waals surface area contributed by atoms with Crippen LogP contribution in [0.2, 0.25) is 10.0 Å². The Hall–Kier alpha value is -2.97. The Kier molecular flexibility index (Phi) is 15.9. The normalized spacial score (nSPS) is 15.2. The first-order chi connectivity index (χ1) is 26.7. The number of nitrogens with zero attached hydrogens (tertiary/aromatic N) is 1. The zero-order valence-electron chi connectivity index (χ0n) is 31.0. The van der Waals surface area contributed by atoms with Crippen LogP contribution in [0.4, 0.5) is 0 Å². The quantitative estimate of drug-likeness (QED) is 0.0986. The lowest BCUT2D eigenvalue weighted by Gasteiger charge is -2.33. The Morgan fingerprint density at radius 1 is 0.643 bits per heavy atom. The number of hydrogen-bond acceptors (Lipinski definition) is 10. The molecule has 0 radical (unpaired) electrons. The van der Waals surface area contributed by atoms with Crippen LogP contribution < -0.4 is 14.2 Å². The van der Waals surface area contributed by atoms with Crippen molar-refractivity contribution in [3.63, 3.8) is 0 Å². The maximum absolute atomic E-state index is 13.1. The molecular formula is C38H46Cl2N4O9S3. The molecule has 0 spiro atoms.